The van der Waals surface area contributed by atoms with Crippen molar-refractivity contribution in [2.24, 2.45) is 7.05 Å². The highest BCUT2D eigenvalue weighted by atomic mass is 19.1. The fourth-order valence-electron chi connectivity index (χ4n) is 2.71. The third kappa shape index (κ3) is 3.68. The molecule has 3 aromatic rings. The van der Waals surface area contributed by atoms with E-state index < -0.39 is 0 Å². The molecule has 2 N–H and O–H groups in total. The quantitative estimate of drug-likeness (QED) is 0.744. The molecule has 2 aromatic heterocycles. The molecule has 0 radical (unpaired) electrons. The first kappa shape index (κ1) is 16.7. The molecule has 0 saturated carbocycles. The normalized spacial score (nSPS) is 11.3. The average Bonchev–Trinajstić information content (AvgIpc) is 2.89. The first-order valence-electron chi connectivity index (χ1n) is 7.82. The van der Waals surface area contributed by atoms with Crippen molar-refractivity contribution >= 4 is 28.7 Å². The largest absolute Gasteiger partial charge is 0.384 e. The van der Waals surface area contributed by atoms with Gasteiger partial charge in [-0.15, -0.1) is 0 Å². The summed E-state index contributed by atoms with van der Waals surface area (Å²) < 4.78 is 15.3. The number of halogens is 1. The number of hydrogen-bond donors (Lipinski definition) is 1. The number of hydrogen-bond acceptors (Lipinski definition) is 3. The maximum absolute atomic E-state index is 13.4. The zero-order valence-corrected chi connectivity index (χ0v) is 14.1. The Morgan fingerprint density at radius 2 is 2.16 bits per heavy atom. The van der Waals surface area contributed by atoms with Gasteiger partial charge in [0.1, 0.15) is 11.6 Å². The number of carbonyl (C=O) groups excluding carboxylic acids is 1. The molecule has 0 saturated heterocycles. The van der Waals surface area contributed by atoms with E-state index in [-0.39, 0.29) is 11.7 Å². The Hall–Kier alpha value is -3.15. The summed E-state index contributed by atoms with van der Waals surface area (Å²) in [5, 5.41) is 0.940. The molecule has 0 aliphatic carbocycles. The van der Waals surface area contributed by atoms with Gasteiger partial charge in [0.25, 0.3) is 0 Å². The van der Waals surface area contributed by atoms with Crippen molar-refractivity contribution < 1.29 is 9.18 Å². The van der Waals surface area contributed by atoms with E-state index in [1.54, 1.807) is 42.4 Å². The van der Waals surface area contributed by atoms with Crippen molar-refractivity contribution in [2.75, 3.05) is 12.8 Å². The summed E-state index contributed by atoms with van der Waals surface area (Å²) in [5.74, 6) is 0.0358. The van der Waals surface area contributed by atoms with Crippen molar-refractivity contribution in [3.8, 4) is 0 Å². The standard InChI is InChI=1S/C19H19FN4O/c1-23-11-14(16-6-5-15(20)9-17(16)23)12-24(2)19(25)8-4-13-3-7-18(21)22-10-13/h3-11H,12H2,1-2H3,(H2,21,22)/b8-4+. The van der Waals surface area contributed by atoms with Gasteiger partial charge in [0.05, 0.1) is 5.52 Å². The second-order valence-corrected chi connectivity index (χ2v) is 5.97. The summed E-state index contributed by atoms with van der Waals surface area (Å²) >= 11 is 0. The molecule has 5 nitrogen and oxygen atoms in total. The van der Waals surface area contributed by atoms with Crippen LogP contribution in [0.15, 0.2) is 48.8 Å². The van der Waals surface area contributed by atoms with Gasteiger partial charge in [-0.1, -0.05) is 0 Å². The third-order valence-electron chi connectivity index (χ3n) is 4.05. The minimum atomic E-state index is -0.273. The molecular weight excluding hydrogens is 319 g/mol. The summed E-state index contributed by atoms with van der Waals surface area (Å²) in [7, 11) is 3.59. The van der Waals surface area contributed by atoms with E-state index in [4.69, 9.17) is 5.73 Å². The number of fused-ring (bicyclic) bond motifs is 1. The number of aryl methyl sites for hydroxylation is 1. The average molecular weight is 338 g/mol. The van der Waals surface area contributed by atoms with Gasteiger partial charge in [0.2, 0.25) is 5.91 Å². The Kier molecular flexibility index (Phi) is 4.52. The fourth-order valence-corrected chi connectivity index (χ4v) is 2.71. The number of amides is 1. The molecule has 128 valence electrons. The van der Waals surface area contributed by atoms with Crippen molar-refractivity contribution in [3.63, 3.8) is 0 Å². The number of anilines is 1. The van der Waals surface area contributed by atoms with Gasteiger partial charge in [-0.05, 0) is 47.5 Å². The molecular formula is C19H19FN4O. The second-order valence-electron chi connectivity index (χ2n) is 5.97. The van der Waals surface area contributed by atoms with Crippen LogP contribution in [0.4, 0.5) is 10.2 Å². The van der Waals surface area contributed by atoms with Crippen LogP contribution in [0.2, 0.25) is 0 Å². The second kappa shape index (κ2) is 6.76. The van der Waals surface area contributed by atoms with Crippen molar-refractivity contribution in [1.29, 1.82) is 0 Å². The maximum atomic E-state index is 13.4. The first-order chi connectivity index (χ1) is 11.9. The lowest BCUT2D eigenvalue weighted by Crippen LogP contribution is -2.24. The van der Waals surface area contributed by atoms with E-state index in [2.05, 4.69) is 4.98 Å². The van der Waals surface area contributed by atoms with Crippen molar-refractivity contribution in [2.45, 2.75) is 6.54 Å². The van der Waals surface area contributed by atoms with Crippen LogP contribution in [0.1, 0.15) is 11.1 Å². The summed E-state index contributed by atoms with van der Waals surface area (Å²) in [5.41, 5.74) is 8.11. The molecule has 0 fully saturated rings. The van der Waals surface area contributed by atoms with E-state index in [1.165, 1.54) is 18.2 Å². The van der Waals surface area contributed by atoms with E-state index in [1.807, 2.05) is 17.8 Å². The first-order valence-corrected chi connectivity index (χ1v) is 7.82. The van der Waals surface area contributed by atoms with E-state index in [0.29, 0.717) is 12.4 Å². The summed E-state index contributed by atoms with van der Waals surface area (Å²) in [6.45, 7) is 0.437. The van der Waals surface area contributed by atoms with Crippen molar-refractivity contribution in [3.05, 3.63) is 65.7 Å². The van der Waals surface area contributed by atoms with Crippen molar-refractivity contribution in [1.82, 2.24) is 14.5 Å². The van der Waals surface area contributed by atoms with Crippen LogP contribution in [0.5, 0.6) is 0 Å². The number of aromatic nitrogens is 2. The fraction of sp³-hybridized carbons (Fsp3) is 0.158. The van der Waals surface area contributed by atoms with Gasteiger partial charge >= 0.3 is 0 Å². The highest BCUT2D eigenvalue weighted by molar-refractivity contribution is 5.92. The van der Waals surface area contributed by atoms with Gasteiger partial charge in [-0.25, -0.2) is 9.37 Å². The van der Waals surface area contributed by atoms with Crippen LogP contribution < -0.4 is 5.73 Å². The third-order valence-corrected chi connectivity index (χ3v) is 4.05. The summed E-state index contributed by atoms with van der Waals surface area (Å²) in [6, 6.07) is 8.15. The molecule has 0 aliphatic rings. The molecule has 2 heterocycles. The van der Waals surface area contributed by atoms with Gasteiger partial charge in [-0.2, -0.15) is 0 Å². The molecule has 0 spiro atoms. The topological polar surface area (TPSA) is 64.2 Å². The van der Waals surface area contributed by atoms with E-state index in [0.717, 1.165) is 22.0 Å². The number of benzene rings is 1. The molecule has 0 unspecified atom stereocenters. The SMILES string of the molecule is CN(Cc1cn(C)c2cc(F)ccc12)C(=O)/C=C/c1ccc(N)nc1. The molecule has 0 bridgehead atoms. The molecule has 1 amide bonds. The summed E-state index contributed by atoms with van der Waals surface area (Å²) in [6.07, 6.45) is 6.72. The predicted octanol–water partition coefficient (Wildman–Crippen LogP) is 2.97. The number of likely N-dealkylation sites (N-methyl/N-ethyl adjacent to an activating group) is 1. The smallest absolute Gasteiger partial charge is 0.246 e. The summed E-state index contributed by atoms with van der Waals surface area (Å²) in [4.78, 5) is 17.9. The van der Waals surface area contributed by atoms with E-state index >= 15 is 0 Å². The molecule has 0 aliphatic heterocycles. The van der Waals surface area contributed by atoms with Gasteiger partial charge in [0, 0.05) is 44.5 Å². The Bertz CT molecular complexity index is 944. The van der Waals surface area contributed by atoms with E-state index in [9.17, 15) is 9.18 Å². The molecule has 1 aromatic carbocycles. The lowest BCUT2D eigenvalue weighted by molar-refractivity contribution is -0.125. The van der Waals surface area contributed by atoms with Gasteiger partial charge < -0.3 is 15.2 Å². The number of carbonyl (C=O) groups is 1. The number of pyridine rings is 1. The lowest BCUT2D eigenvalue weighted by Gasteiger charge is -2.14. The highest BCUT2D eigenvalue weighted by Gasteiger charge is 2.12. The van der Waals surface area contributed by atoms with Crippen LogP contribution in [0.3, 0.4) is 0 Å². The van der Waals surface area contributed by atoms with Gasteiger partial charge in [0.15, 0.2) is 0 Å². The van der Waals surface area contributed by atoms with Crippen LogP contribution in [0.25, 0.3) is 17.0 Å². The molecule has 0 atom stereocenters. The zero-order chi connectivity index (χ0) is 18.0. The maximum Gasteiger partial charge on any atom is 0.246 e. The van der Waals surface area contributed by atoms with Crippen LogP contribution in [-0.2, 0) is 18.4 Å². The number of nitrogens with zero attached hydrogens (tertiary/aromatic N) is 3. The van der Waals surface area contributed by atoms with Gasteiger partial charge in [-0.3, -0.25) is 4.79 Å². The molecule has 25 heavy (non-hydrogen) atoms. The Morgan fingerprint density at radius 3 is 2.88 bits per heavy atom. The number of rotatable bonds is 4. The number of nitrogens with two attached hydrogens (primary N) is 1. The van der Waals surface area contributed by atoms with Crippen LogP contribution >= 0.6 is 0 Å². The lowest BCUT2D eigenvalue weighted by atomic mass is 10.1. The molecule has 6 heteroatoms. The number of nitrogen functional groups attached to an aromatic ring is 1. The highest BCUT2D eigenvalue weighted by Crippen LogP contribution is 2.22. The van der Waals surface area contributed by atoms with Crippen LogP contribution in [-0.4, -0.2) is 27.4 Å². The zero-order valence-electron chi connectivity index (χ0n) is 14.1. The Balaban J connectivity index is 1.74. The Morgan fingerprint density at radius 1 is 1.36 bits per heavy atom. The minimum absolute atomic E-state index is 0.129. The predicted molar refractivity (Wildman–Crippen MR) is 97.0 cm³/mol. The molecule has 3 rings (SSSR count). The monoisotopic (exact) mass is 338 g/mol. The van der Waals surface area contributed by atoms with Crippen LogP contribution in [0, 0.1) is 5.82 Å². The Labute approximate surface area is 145 Å². The minimum Gasteiger partial charge on any atom is -0.384 e.